The molecule has 1 aliphatic carbocycles. The molecule has 0 saturated heterocycles. The Morgan fingerprint density at radius 3 is 2.38 bits per heavy atom. The van der Waals surface area contributed by atoms with Crippen LogP contribution in [0, 0.1) is 23.2 Å². The fourth-order valence-corrected chi connectivity index (χ4v) is 3.83. The van der Waals surface area contributed by atoms with Crippen LogP contribution in [0.5, 0.6) is 11.5 Å². The smallest absolute Gasteiger partial charge is 0.387 e. The van der Waals surface area contributed by atoms with E-state index in [0.29, 0.717) is 29.9 Å². The van der Waals surface area contributed by atoms with Crippen molar-refractivity contribution in [1.29, 1.82) is 5.26 Å². The molecule has 5 nitrogen and oxygen atoms in total. The summed E-state index contributed by atoms with van der Waals surface area (Å²) in [6.45, 7) is 0.794. The molecule has 3 unspecified atom stereocenters. The fraction of sp³-hybridized carbons (Fsp3) is 0.333. The predicted molar refractivity (Wildman–Crippen MR) is 123 cm³/mol. The highest BCUT2D eigenvalue weighted by atomic mass is 19.3. The number of carbonyl (C=O) groups is 1. The minimum atomic E-state index is -2.93. The van der Waals surface area contributed by atoms with E-state index in [4.69, 9.17) is 9.47 Å². The molecule has 0 saturated carbocycles. The lowest BCUT2D eigenvalue weighted by molar-refractivity contribution is -0.151. The van der Waals surface area contributed by atoms with Gasteiger partial charge in [0.1, 0.15) is 23.3 Å². The zero-order valence-corrected chi connectivity index (χ0v) is 19.1. The molecule has 0 aliphatic heterocycles. The van der Waals surface area contributed by atoms with Crippen molar-refractivity contribution in [1.82, 2.24) is 0 Å². The third-order valence-corrected chi connectivity index (χ3v) is 5.45. The van der Waals surface area contributed by atoms with Gasteiger partial charge in [-0.3, -0.25) is 4.79 Å². The quantitative estimate of drug-likeness (QED) is 0.400. The summed E-state index contributed by atoms with van der Waals surface area (Å²) < 4.78 is 40.8. The lowest BCUT2D eigenvalue weighted by atomic mass is 9.88. The van der Waals surface area contributed by atoms with Gasteiger partial charge in [-0.05, 0) is 60.7 Å². The van der Waals surface area contributed by atoms with Gasteiger partial charge in [-0.15, -0.1) is 0 Å². The highest BCUT2D eigenvalue weighted by Gasteiger charge is 2.31. The van der Waals surface area contributed by atoms with E-state index < -0.39 is 24.6 Å². The summed E-state index contributed by atoms with van der Waals surface area (Å²) in [7, 11) is 0. The standard InChI is InChI=1S/C27H27F2NO4/c1-18(2)25(19-12-14-22(15-13-19)33-27(28)29)26(31)34-24(17-30)20-8-6-7-11-23(16-20)32-21-9-4-3-5-10-21/h3-5,7,9-16,18,20,24-25,27H,6,8H2,1-2H3. The number of rotatable bonds is 9. The Morgan fingerprint density at radius 1 is 1.06 bits per heavy atom. The number of carbonyl (C=O) groups excluding carboxylic acids is 1. The van der Waals surface area contributed by atoms with Crippen LogP contribution in [0.25, 0.3) is 0 Å². The van der Waals surface area contributed by atoms with Gasteiger partial charge in [0, 0.05) is 5.92 Å². The average Bonchev–Trinajstić information content (AvgIpc) is 3.04. The minimum Gasteiger partial charge on any atom is -0.458 e. The van der Waals surface area contributed by atoms with Gasteiger partial charge in [0.25, 0.3) is 0 Å². The first-order valence-corrected chi connectivity index (χ1v) is 11.1. The van der Waals surface area contributed by atoms with Crippen LogP contribution < -0.4 is 9.47 Å². The zero-order chi connectivity index (χ0) is 24.5. The predicted octanol–water partition coefficient (Wildman–Crippen LogP) is 6.39. The number of alkyl halides is 2. The van der Waals surface area contributed by atoms with Crippen molar-refractivity contribution in [2.24, 2.45) is 11.8 Å². The van der Waals surface area contributed by atoms with E-state index in [2.05, 4.69) is 10.8 Å². The van der Waals surface area contributed by atoms with Crippen LogP contribution in [0.1, 0.15) is 38.2 Å². The van der Waals surface area contributed by atoms with Crippen molar-refractivity contribution < 1.29 is 27.8 Å². The second kappa shape index (κ2) is 12.0. The topological polar surface area (TPSA) is 68.6 Å². The number of halogens is 2. The third-order valence-electron chi connectivity index (χ3n) is 5.45. The maximum absolute atomic E-state index is 13.1. The van der Waals surface area contributed by atoms with Gasteiger partial charge < -0.3 is 14.2 Å². The number of hydrogen-bond acceptors (Lipinski definition) is 5. The summed E-state index contributed by atoms with van der Waals surface area (Å²) in [4.78, 5) is 13.1. The first kappa shape index (κ1) is 25.0. The molecule has 3 atom stereocenters. The maximum atomic E-state index is 13.1. The van der Waals surface area contributed by atoms with E-state index in [1.165, 1.54) is 12.1 Å². The molecule has 2 aromatic rings. The molecule has 0 N–H and O–H groups in total. The van der Waals surface area contributed by atoms with E-state index in [9.17, 15) is 18.8 Å². The molecule has 34 heavy (non-hydrogen) atoms. The first-order chi connectivity index (χ1) is 16.4. The number of esters is 1. The third kappa shape index (κ3) is 6.92. The van der Waals surface area contributed by atoms with Crippen molar-refractivity contribution in [3.63, 3.8) is 0 Å². The van der Waals surface area contributed by atoms with Gasteiger partial charge in [-0.2, -0.15) is 14.0 Å². The molecule has 7 heteroatoms. The molecule has 0 bridgehead atoms. The molecule has 0 fully saturated rings. The van der Waals surface area contributed by atoms with E-state index in [1.54, 1.807) is 12.1 Å². The van der Waals surface area contributed by atoms with Crippen molar-refractivity contribution in [2.45, 2.75) is 45.3 Å². The average molecular weight is 468 g/mol. The minimum absolute atomic E-state index is 0.00608. The summed E-state index contributed by atoms with van der Waals surface area (Å²) in [6, 6.07) is 17.3. The molecular weight excluding hydrogens is 440 g/mol. The number of benzene rings is 2. The van der Waals surface area contributed by atoms with Gasteiger partial charge in [0.05, 0.1) is 5.92 Å². The molecule has 0 amide bonds. The number of ether oxygens (including phenoxy) is 3. The van der Waals surface area contributed by atoms with E-state index in [0.717, 1.165) is 0 Å². The molecule has 0 radical (unpaired) electrons. The lowest BCUT2D eigenvalue weighted by Gasteiger charge is -2.24. The summed E-state index contributed by atoms with van der Waals surface area (Å²) in [5, 5.41) is 9.80. The fourth-order valence-electron chi connectivity index (χ4n) is 3.83. The molecule has 0 spiro atoms. The Labute approximate surface area is 198 Å². The number of hydrogen-bond donors (Lipinski definition) is 0. The number of para-hydroxylation sites is 1. The molecular formula is C27H27F2NO4. The van der Waals surface area contributed by atoms with Crippen LogP contribution >= 0.6 is 0 Å². The molecule has 3 rings (SSSR count). The van der Waals surface area contributed by atoms with E-state index in [1.807, 2.05) is 62.4 Å². The summed E-state index contributed by atoms with van der Waals surface area (Å²) >= 11 is 0. The van der Waals surface area contributed by atoms with E-state index >= 15 is 0 Å². The van der Waals surface area contributed by atoms with Crippen LogP contribution in [0.2, 0.25) is 0 Å². The van der Waals surface area contributed by atoms with Gasteiger partial charge in [0.2, 0.25) is 0 Å². The molecule has 0 aromatic heterocycles. The van der Waals surface area contributed by atoms with Crippen molar-refractivity contribution >= 4 is 5.97 Å². The Morgan fingerprint density at radius 2 is 1.76 bits per heavy atom. The Hall–Kier alpha value is -3.66. The summed E-state index contributed by atoms with van der Waals surface area (Å²) in [5.41, 5.74) is 0.601. The van der Waals surface area contributed by atoms with Crippen LogP contribution in [0.15, 0.2) is 78.6 Å². The molecule has 0 heterocycles. The molecule has 178 valence electrons. The van der Waals surface area contributed by atoms with Gasteiger partial charge in [-0.1, -0.05) is 50.3 Å². The first-order valence-electron chi connectivity index (χ1n) is 11.1. The van der Waals surface area contributed by atoms with E-state index in [-0.39, 0.29) is 17.6 Å². The van der Waals surface area contributed by atoms with Crippen LogP contribution in [0.4, 0.5) is 8.78 Å². The van der Waals surface area contributed by atoms with Crippen LogP contribution in [0.3, 0.4) is 0 Å². The normalized spacial score (nSPS) is 17.3. The van der Waals surface area contributed by atoms with Crippen LogP contribution in [-0.4, -0.2) is 18.7 Å². The maximum Gasteiger partial charge on any atom is 0.387 e. The highest BCUT2D eigenvalue weighted by Crippen LogP contribution is 2.30. The van der Waals surface area contributed by atoms with Crippen molar-refractivity contribution in [3.05, 3.63) is 84.1 Å². The summed E-state index contributed by atoms with van der Waals surface area (Å²) in [5.74, 6) is -0.436. The zero-order valence-electron chi connectivity index (χ0n) is 19.1. The molecule has 1 aliphatic rings. The van der Waals surface area contributed by atoms with Crippen LogP contribution in [-0.2, 0) is 9.53 Å². The van der Waals surface area contributed by atoms with Crippen molar-refractivity contribution in [2.75, 3.05) is 0 Å². The summed E-state index contributed by atoms with van der Waals surface area (Å²) in [6.07, 6.45) is 5.96. The Bertz CT molecular complexity index is 1040. The lowest BCUT2D eigenvalue weighted by Crippen LogP contribution is -2.29. The highest BCUT2D eigenvalue weighted by molar-refractivity contribution is 5.79. The second-order valence-electron chi connectivity index (χ2n) is 8.28. The Kier molecular flexibility index (Phi) is 8.80. The van der Waals surface area contributed by atoms with Gasteiger partial charge in [-0.25, -0.2) is 0 Å². The van der Waals surface area contributed by atoms with Gasteiger partial charge in [0.15, 0.2) is 6.10 Å². The van der Waals surface area contributed by atoms with Gasteiger partial charge >= 0.3 is 12.6 Å². The SMILES string of the molecule is CC(C)C(C(=O)OC(C#N)C1C=C(Oc2ccccc2)C=CCC1)c1ccc(OC(F)F)cc1. The number of nitrogens with zero attached hydrogens (tertiary/aromatic N) is 1. The van der Waals surface area contributed by atoms with Crippen molar-refractivity contribution in [3.8, 4) is 17.6 Å². The molecule has 2 aromatic carbocycles. The monoisotopic (exact) mass is 467 g/mol. The second-order valence-corrected chi connectivity index (χ2v) is 8.28. The largest absolute Gasteiger partial charge is 0.458 e. The number of nitriles is 1. The number of allylic oxidation sites excluding steroid dienone is 2. The Balaban J connectivity index is 1.74.